The van der Waals surface area contributed by atoms with E-state index in [1.165, 1.54) is 4.57 Å². The van der Waals surface area contributed by atoms with Gasteiger partial charge >= 0.3 is 11.7 Å². The van der Waals surface area contributed by atoms with Crippen molar-refractivity contribution >= 4 is 5.97 Å². The highest BCUT2D eigenvalue weighted by Crippen LogP contribution is 2.16. The van der Waals surface area contributed by atoms with Crippen molar-refractivity contribution in [1.82, 2.24) is 9.55 Å². The number of nitrogens with one attached hydrogen (secondary N) is 1. The largest absolute Gasteiger partial charge is 0.481 e. The van der Waals surface area contributed by atoms with E-state index in [0.717, 1.165) is 16.9 Å². The highest BCUT2D eigenvalue weighted by Gasteiger charge is 2.11. The second-order valence-electron chi connectivity index (χ2n) is 4.37. The Morgan fingerprint density at radius 2 is 2.05 bits per heavy atom. The number of imidazole rings is 1. The van der Waals surface area contributed by atoms with E-state index in [2.05, 4.69) is 4.98 Å². The summed E-state index contributed by atoms with van der Waals surface area (Å²) < 4.78 is 1.53. The van der Waals surface area contributed by atoms with E-state index >= 15 is 0 Å². The van der Waals surface area contributed by atoms with Crippen LogP contribution in [0.1, 0.15) is 23.7 Å². The number of hydrogen-bond acceptors (Lipinski definition) is 3. The molecular formula is C13H15N3O3. The van der Waals surface area contributed by atoms with Crippen LogP contribution in [0, 0.1) is 6.92 Å². The molecule has 100 valence electrons. The number of carboxylic acid groups (broad SMARTS) is 1. The summed E-state index contributed by atoms with van der Waals surface area (Å²) in [7, 11) is 0. The molecule has 1 heterocycles. The van der Waals surface area contributed by atoms with E-state index < -0.39 is 12.0 Å². The van der Waals surface area contributed by atoms with Crippen LogP contribution in [0.2, 0.25) is 0 Å². The molecule has 1 unspecified atom stereocenters. The summed E-state index contributed by atoms with van der Waals surface area (Å²) in [6, 6.07) is 6.43. The number of aromatic nitrogens is 2. The van der Waals surface area contributed by atoms with Gasteiger partial charge in [0.15, 0.2) is 0 Å². The first-order valence-electron chi connectivity index (χ1n) is 5.84. The number of nitrogens with two attached hydrogens (primary N) is 1. The maximum atomic E-state index is 11.6. The summed E-state index contributed by atoms with van der Waals surface area (Å²) in [5.41, 5.74) is 7.81. The number of H-pyrrole nitrogens is 1. The second-order valence-corrected chi connectivity index (χ2v) is 4.37. The minimum Gasteiger partial charge on any atom is -0.481 e. The van der Waals surface area contributed by atoms with Gasteiger partial charge < -0.3 is 15.8 Å². The van der Waals surface area contributed by atoms with E-state index in [-0.39, 0.29) is 12.1 Å². The third kappa shape index (κ3) is 2.74. The molecule has 1 atom stereocenters. The van der Waals surface area contributed by atoms with Gasteiger partial charge in [0.2, 0.25) is 0 Å². The normalized spacial score (nSPS) is 12.3. The lowest BCUT2D eigenvalue weighted by molar-refractivity contribution is -0.137. The van der Waals surface area contributed by atoms with Gasteiger partial charge in [-0.05, 0) is 24.6 Å². The van der Waals surface area contributed by atoms with Gasteiger partial charge in [0, 0.05) is 17.9 Å². The second kappa shape index (κ2) is 5.11. The van der Waals surface area contributed by atoms with Crippen LogP contribution >= 0.6 is 0 Å². The molecule has 0 fully saturated rings. The number of carbonyl (C=O) groups is 1. The fraction of sp³-hybridized carbons (Fsp3) is 0.231. The van der Waals surface area contributed by atoms with Crippen LogP contribution in [0.5, 0.6) is 0 Å². The molecule has 0 saturated heterocycles. The third-order valence-corrected chi connectivity index (χ3v) is 2.93. The van der Waals surface area contributed by atoms with Gasteiger partial charge in [0.1, 0.15) is 0 Å². The fourth-order valence-electron chi connectivity index (χ4n) is 1.95. The lowest BCUT2D eigenvalue weighted by atomic mass is 10.0. The number of aromatic amines is 1. The standard InChI is InChI=1S/C13H15N3O3/c1-8-7-15-13(19)16(8)10-4-2-9(3-5-10)11(14)6-12(17)18/h2-5,7,11H,6,14H2,1H3,(H,15,19)(H,17,18). The Morgan fingerprint density at radius 1 is 1.42 bits per heavy atom. The zero-order valence-corrected chi connectivity index (χ0v) is 10.5. The maximum Gasteiger partial charge on any atom is 0.330 e. The van der Waals surface area contributed by atoms with Gasteiger partial charge in [0.25, 0.3) is 0 Å². The van der Waals surface area contributed by atoms with Gasteiger partial charge in [-0.25, -0.2) is 4.79 Å². The first kappa shape index (κ1) is 13.1. The number of nitrogens with zero attached hydrogens (tertiary/aromatic N) is 1. The van der Waals surface area contributed by atoms with E-state index in [1.54, 1.807) is 30.5 Å². The molecule has 6 nitrogen and oxygen atoms in total. The molecule has 0 saturated carbocycles. The fourth-order valence-corrected chi connectivity index (χ4v) is 1.95. The number of aryl methyl sites for hydroxylation is 1. The highest BCUT2D eigenvalue weighted by atomic mass is 16.4. The molecule has 0 spiro atoms. The van der Waals surface area contributed by atoms with Crippen LogP contribution in [0.3, 0.4) is 0 Å². The lowest BCUT2D eigenvalue weighted by Crippen LogP contribution is -2.17. The van der Waals surface area contributed by atoms with Crippen LogP contribution in [0.4, 0.5) is 0 Å². The van der Waals surface area contributed by atoms with E-state index in [4.69, 9.17) is 10.8 Å². The number of aliphatic carboxylic acids is 1. The number of rotatable bonds is 4. The predicted molar refractivity (Wildman–Crippen MR) is 70.3 cm³/mol. The van der Waals surface area contributed by atoms with E-state index in [9.17, 15) is 9.59 Å². The predicted octanol–water partition coefficient (Wildman–Crippen LogP) is 0.949. The topological polar surface area (TPSA) is 101 Å². The highest BCUT2D eigenvalue weighted by molar-refractivity contribution is 5.67. The SMILES string of the molecule is Cc1c[nH]c(=O)n1-c1ccc(C(N)CC(=O)O)cc1. The average Bonchev–Trinajstić information content (AvgIpc) is 2.68. The molecule has 0 aliphatic heterocycles. The molecular weight excluding hydrogens is 246 g/mol. The number of carboxylic acids is 1. The van der Waals surface area contributed by atoms with Crippen LogP contribution in [-0.2, 0) is 4.79 Å². The minimum absolute atomic E-state index is 0.123. The molecule has 1 aromatic carbocycles. The Morgan fingerprint density at radius 3 is 2.53 bits per heavy atom. The zero-order chi connectivity index (χ0) is 14.0. The van der Waals surface area contributed by atoms with Crippen molar-refractivity contribution < 1.29 is 9.90 Å². The molecule has 0 bridgehead atoms. The van der Waals surface area contributed by atoms with Crippen molar-refractivity contribution in [1.29, 1.82) is 0 Å². The van der Waals surface area contributed by atoms with Crippen molar-refractivity contribution in [2.75, 3.05) is 0 Å². The molecule has 0 amide bonds. The third-order valence-electron chi connectivity index (χ3n) is 2.93. The Hall–Kier alpha value is -2.34. The summed E-state index contributed by atoms with van der Waals surface area (Å²) in [6.07, 6.45) is 1.51. The monoisotopic (exact) mass is 261 g/mol. The smallest absolute Gasteiger partial charge is 0.330 e. The summed E-state index contributed by atoms with van der Waals surface area (Å²) in [5, 5.41) is 8.69. The molecule has 0 radical (unpaired) electrons. The van der Waals surface area contributed by atoms with Crippen molar-refractivity contribution in [2.24, 2.45) is 5.73 Å². The van der Waals surface area contributed by atoms with Crippen LogP contribution < -0.4 is 11.4 Å². The van der Waals surface area contributed by atoms with Gasteiger partial charge in [-0.2, -0.15) is 0 Å². The van der Waals surface area contributed by atoms with Crippen LogP contribution in [0.15, 0.2) is 35.3 Å². The zero-order valence-electron chi connectivity index (χ0n) is 10.5. The molecule has 2 aromatic rings. The number of hydrogen-bond donors (Lipinski definition) is 3. The quantitative estimate of drug-likeness (QED) is 0.762. The Bertz CT molecular complexity index is 640. The van der Waals surface area contributed by atoms with Crippen molar-refractivity contribution in [3.05, 3.63) is 52.2 Å². The van der Waals surface area contributed by atoms with E-state index in [0.29, 0.717) is 0 Å². The molecule has 1 aromatic heterocycles. The molecule has 2 rings (SSSR count). The molecule has 0 aliphatic carbocycles. The Kier molecular flexibility index (Phi) is 3.52. The van der Waals surface area contributed by atoms with Crippen LogP contribution in [0.25, 0.3) is 5.69 Å². The van der Waals surface area contributed by atoms with Gasteiger partial charge in [-0.3, -0.25) is 9.36 Å². The minimum atomic E-state index is -0.936. The average molecular weight is 261 g/mol. The summed E-state index contributed by atoms with van der Waals surface area (Å²) in [5.74, 6) is -0.936. The first-order valence-corrected chi connectivity index (χ1v) is 5.84. The summed E-state index contributed by atoms with van der Waals surface area (Å²) in [6.45, 7) is 1.82. The summed E-state index contributed by atoms with van der Waals surface area (Å²) >= 11 is 0. The van der Waals surface area contributed by atoms with Crippen LogP contribution in [-0.4, -0.2) is 20.6 Å². The van der Waals surface area contributed by atoms with Gasteiger partial charge in [-0.15, -0.1) is 0 Å². The van der Waals surface area contributed by atoms with Crippen molar-refractivity contribution in [3.8, 4) is 5.69 Å². The van der Waals surface area contributed by atoms with Crippen molar-refractivity contribution in [3.63, 3.8) is 0 Å². The molecule has 6 heteroatoms. The molecule has 4 N–H and O–H groups in total. The lowest BCUT2D eigenvalue weighted by Gasteiger charge is -2.10. The number of benzene rings is 1. The van der Waals surface area contributed by atoms with Gasteiger partial charge in [0.05, 0.1) is 12.1 Å². The van der Waals surface area contributed by atoms with Gasteiger partial charge in [-0.1, -0.05) is 12.1 Å². The molecule has 19 heavy (non-hydrogen) atoms. The van der Waals surface area contributed by atoms with Crippen molar-refractivity contribution in [2.45, 2.75) is 19.4 Å². The Balaban J connectivity index is 2.29. The maximum absolute atomic E-state index is 11.6. The first-order chi connectivity index (χ1) is 8.99. The van der Waals surface area contributed by atoms with E-state index in [1.807, 2.05) is 6.92 Å². The molecule has 0 aliphatic rings. The Labute approximate surface area is 109 Å². The summed E-state index contributed by atoms with van der Waals surface area (Å²) in [4.78, 5) is 24.8.